The number of phenolic OH excluding ortho intramolecular Hbond substituents is 1. The van der Waals surface area contributed by atoms with E-state index in [2.05, 4.69) is 16.7 Å². The monoisotopic (exact) mass is 282 g/mol. The fourth-order valence-electron chi connectivity index (χ4n) is 2.59. The van der Waals surface area contributed by atoms with Gasteiger partial charge in [0.05, 0.1) is 0 Å². The minimum absolute atomic E-state index is 0.141. The minimum atomic E-state index is -0.197. The predicted octanol–water partition coefficient (Wildman–Crippen LogP) is 2.60. The van der Waals surface area contributed by atoms with Crippen LogP contribution in [0, 0.1) is 6.92 Å². The summed E-state index contributed by atoms with van der Waals surface area (Å²) in [6.07, 6.45) is 0.908. The molecule has 0 aromatic heterocycles. The van der Waals surface area contributed by atoms with Crippen LogP contribution in [0.4, 0.5) is 5.69 Å². The second kappa shape index (κ2) is 5.58. The first-order valence-electron chi connectivity index (χ1n) is 7.07. The number of nitrogens with one attached hydrogen (secondary N) is 2. The van der Waals surface area contributed by atoms with Crippen LogP contribution in [-0.2, 0) is 13.0 Å². The molecule has 0 unspecified atom stereocenters. The largest absolute Gasteiger partial charge is 0.508 e. The van der Waals surface area contributed by atoms with Gasteiger partial charge in [-0.1, -0.05) is 18.2 Å². The number of carbonyl (C=O) groups excluding carboxylic acids is 1. The zero-order valence-electron chi connectivity index (χ0n) is 11.9. The van der Waals surface area contributed by atoms with Crippen molar-refractivity contribution in [3.63, 3.8) is 0 Å². The van der Waals surface area contributed by atoms with E-state index in [0.29, 0.717) is 5.56 Å². The topological polar surface area (TPSA) is 61.4 Å². The third-order valence-electron chi connectivity index (χ3n) is 3.86. The van der Waals surface area contributed by atoms with Crippen LogP contribution in [0.15, 0.2) is 36.4 Å². The Balaban J connectivity index is 1.86. The van der Waals surface area contributed by atoms with Crippen LogP contribution in [0.5, 0.6) is 5.75 Å². The van der Waals surface area contributed by atoms with Crippen molar-refractivity contribution in [2.75, 3.05) is 11.9 Å². The third-order valence-corrected chi connectivity index (χ3v) is 3.86. The lowest BCUT2D eigenvalue weighted by Gasteiger charge is -2.20. The van der Waals surface area contributed by atoms with Crippen LogP contribution in [-0.4, -0.2) is 17.6 Å². The fourth-order valence-corrected chi connectivity index (χ4v) is 2.59. The molecule has 1 aliphatic heterocycles. The van der Waals surface area contributed by atoms with Gasteiger partial charge in [0.25, 0.3) is 5.91 Å². The number of aromatic hydroxyl groups is 1. The lowest BCUT2D eigenvalue weighted by atomic mass is 9.99. The molecule has 0 fully saturated rings. The van der Waals surface area contributed by atoms with Gasteiger partial charge in [0.2, 0.25) is 0 Å². The predicted molar refractivity (Wildman–Crippen MR) is 82.6 cm³/mol. The molecule has 3 rings (SSSR count). The van der Waals surface area contributed by atoms with E-state index in [9.17, 15) is 9.90 Å². The highest BCUT2D eigenvalue weighted by Gasteiger charge is 2.15. The van der Waals surface area contributed by atoms with Gasteiger partial charge in [0.1, 0.15) is 5.75 Å². The average molecular weight is 282 g/mol. The van der Waals surface area contributed by atoms with Crippen LogP contribution >= 0.6 is 0 Å². The van der Waals surface area contributed by atoms with Crippen LogP contribution in [0.1, 0.15) is 27.0 Å². The highest BCUT2D eigenvalue weighted by atomic mass is 16.3. The van der Waals surface area contributed by atoms with Gasteiger partial charge < -0.3 is 15.7 Å². The molecule has 1 heterocycles. The molecule has 4 heteroatoms. The number of amides is 1. The van der Waals surface area contributed by atoms with Gasteiger partial charge in [-0.05, 0) is 54.8 Å². The molecular weight excluding hydrogens is 264 g/mol. The van der Waals surface area contributed by atoms with E-state index in [1.807, 2.05) is 12.1 Å². The van der Waals surface area contributed by atoms with E-state index in [0.717, 1.165) is 30.8 Å². The summed E-state index contributed by atoms with van der Waals surface area (Å²) < 4.78 is 0. The molecule has 4 nitrogen and oxygen atoms in total. The Labute approximate surface area is 123 Å². The summed E-state index contributed by atoms with van der Waals surface area (Å²) in [5, 5.41) is 16.0. The van der Waals surface area contributed by atoms with Crippen molar-refractivity contribution < 1.29 is 9.90 Å². The number of carbonyl (C=O) groups is 1. The SMILES string of the molecule is Cc1ccc(C(=O)Nc2cccc3c2CCNC3)cc1O. The van der Waals surface area contributed by atoms with Crippen LogP contribution < -0.4 is 10.6 Å². The molecule has 21 heavy (non-hydrogen) atoms. The van der Waals surface area contributed by atoms with E-state index in [4.69, 9.17) is 0 Å². The molecule has 2 aromatic rings. The summed E-state index contributed by atoms with van der Waals surface area (Å²) in [6, 6.07) is 10.9. The van der Waals surface area contributed by atoms with Crippen molar-refractivity contribution in [2.24, 2.45) is 0 Å². The maximum Gasteiger partial charge on any atom is 0.255 e. The quantitative estimate of drug-likeness (QED) is 0.793. The Morgan fingerprint density at radius 2 is 2.14 bits per heavy atom. The zero-order valence-corrected chi connectivity index (χ0v) is 11.9. The summed E-state index contributed by atoms with van der Waals surface area (Å²) >= 11 is 0. The third kappa shape index (κ3) is 2.76. The molecular formula is C17H18N2O2. The van der Waals surface area contributed by atoms with Gasteiger partial charge in [0.15, 0.2) is 0 Å². The van der Waals surface area contributed by atoms with Crippen molar-refractivity contribution in [3.05, 3.63) is 58.7 Å². The Morgan fingerprint density at radius 3 is 2.95 bits per heavy atom. The molecule has 0 bridgehead atoms. The number of benzene rings is 2. The number of rotatable bonds is 2. The molecule has 0 radical (unpaired) electrons. The van der Waals surface area contributed by atoms with Crippen molar-refractivity contribution in [1.29, 1.82) is 0 Å². The summed E-state index contributed by atoms with van der Waals surface area (Å²) in [4.78, 5) is 12.3. The van der Waals surface area contributed by atoms with E-state index >= 15 is 0 Å². The normalized spacial score (nSPS) is 13.6. The van der Waals surface area contributed by atoms with Gasteiger partial charge >= 0.3 is 0 Å². The lowest BCUT2D eigenvalue weighted by Crippen LogP contribution is -2.25. The molecule has 0 aliphatic carbocycles. The van der Waals surface area contributed by atoms with E-state index in [1.54, 1.807) is 19.1 Å². The molecule has 2 aromatic carbocycles. The molecule has 0 saturated carbocycles. The maximum atomic E-state index is 12.3. The van der Waals surface area contributed by atoms with Crippen LogP contribution in [0.3, 0.4) is 0 Å². The number of aryl methyl sites for hydroxylation is 1. The molecule has 0 spiro atoms. The van der Waals surface area contributed by atoms with Gasteiger partial charge in [-0.2, -0.15) is 0 Å². The first kappa shape index (κ1) is 13.6. The zero-order chi connectivity index (χ0) is 14.8. The van der Waals surface area contributed by atoms with Gasteiger partial charge in [-0.3, -0.25) is 4.79 Å². The molecule has 0 saturated heterocycles. The number of fused-ring (bicyclic) bond motifs is 1. The Hall–Kier alpha value is -2.33. The molecule has 108 valence electrons. The van der Waals surface area contributed by atoms with E-state index in [1.165, 1.54) is 17.2 Å². The Kier molecular flexibility index (Phi) is 3.62. The molecule has 0 atom stereocenters. The van der Waals surface area contributed by atoms with Crippen molar-refractivity contribution in [1.82, 2.24) is 5.32 Å². The van der Waals surface area contributed by atoms with Crippen molar-refractivity contribution >= 4 is 11.6 Å². The average Bonchev–Trinajstić information content (AvgIpc) is 2.50. The van der Waals surface area contributed by atoms with Crippen LogP contribution in [0.2, 0.25) is 0 Å². The maximum absolute atomic E-state index is 12.3. The summed E-state index contributed by atoms with van der Waals surface area (Å²) in [5.74, 6) is -0.0563. The summed E-state index contributed by atoms with van der Waals surface area (Å²) in [5.41, 5.74) is 4.50. The highest BCUT2D eigenvalue weighted by molar-refractivity contribution is 6.05. The molecule has 1 amide bonds. The number of anilines is 1. The molecule has 3 N–H and O–H groups in total. The minimum Gasteiger partial charge on any atom is -0.508 e. The lowest BCUT2D eigenvalue weighted by molar-refractivity contribution is 0.102. The highest BCUT2D eigenvalue weighted by Crippen LogP contribution is 2.24. The fraction of sp³-hybridized carbons (Fsp3) is 0.235. The second-order valence-corrected chi connectivity index (χ2v) is 5.33. The first-order valence-corrected chi connectivity index (χ1v) is 7.07. The van der Waals surface area contributed by atoms with Gasteiger partial charge in [-0.25, -0.2) is 0 Å². The second-order valence-electron chi connectivity index (χ2n) is 5.33. The smallest absolute Gasteiger partial charge is 0.255 e. The number of hydrogen-bond acceptors (Lipinski definition) is 3. The summed E-state index contributed by atoms with van der Waals surface area (Å²) in [7, 11) is 0. The van der Waals surface area contributed by atoms with Crippen molar-refractivity contribution in [2.45, 2.75) is 19.9 Å². The number of phenols is 1. The van der Waals surface area contributed by atoms with E-state index in [-0.39, 0.29) is 11.7 Å². The van der Waals surface area contributed by atoms with Crippen molar-refractivity contribution in [3.8, 4) is 5.75 Å². The first-order chi connectivity index (χ1) is 10.1. The molecule has 1 aliphatic rings. The summed E-state index contributed by atoms with van der Waals surface area (Å²) in [6.45, 7) is 3.56. The standard InChI is InChI=1S/C17H18N2O2/c1-11-5-6-12(9-16(11)20)17(21)19-15-4-2-3-13-10-18-8-7-14(13)15/h2-6,9,18,20H,7-8,10H2,1H3,(H,19,21). The Morgan fingerprint density at radius 1 is 1.29 bits per heavy atom. The van der Waals surface area contributed by atoms with Gasteiger partial charge in [-0.15, -0.1) is 0 Å². The van der Waals surface area contributed by atoms with Gasteiger partial charge in [0, 0.05) is 17.8 Å². The van der Waals surface area contributed by atoms with Crippen LogP contribution in [0.25, 0.3) is 0 Å². The number of hydrogen-bond donors (Lipinski definition) is 3. The Bertz CT molecular complexity index is 695. The van der Waals surface area contributed by atoms with E-state index < -0.39 is 0 Å².